The van der Waals surface area contributed by atoms with Crippen LogP contribution in [0.2, 0.25) is 0 Å². The van der Waals surface area contributed by atoms with Gasteiger partial charge in [-0.05, 0) is 43.2 Å². The zero-order valence-electron chi connectivity index (χ0n) is 11.4. The third-order valence-corrected chi connectivity index (χ3v) is 3.08. The lowest BCUT2D eigenvalue weighted by Crippen LogP contribution is -2.14. The highest BCUT2D eigenvalue weighted by Gasteiger charge is 2.13. The number of aromatic nitrogens is 1. The third kappa shape index (κ3) is 3.12. The maximum atomic E-state index is 9.02. The number of aliphatic hydroxyl groups is 1. The molecule has 0 aliphatic heterocycles. The van der Waals surface area contributed by atoms with Crippen molar-refractivity contribution in [3.8, 4) is 11.6 Å². The Morgan fingerprint density at radius 1 is 1.30 bits per heavy atom. The van der Waals surface area contributed by atoms with Crippen molar-refractivity contribution in [3.63, 3.8) is 0 Å². The molecule has 0 unspecified atom stereocenters. The summed E-state index contributed by atoms with van der Waals surface area (Å²) in [5, 5.41) is 9.02. The Hall–Kier alpha value is -1.98. The van der Waals surface area contributed by atoms with E-state index in [1.54, 1.807) is 24.3 Å². The molecule has 3 N–H and O–H groups in total. The first-order chi connectivity index (χ1) is 9.51. The second kappa shape index (κ2) is 5.98. The van der Waals surface area contributed by atoms with E-state index in [1.165, 1.54) is 0 Å². The van der Waals surface area contributed by atoms with Gasteiger partial charge in [0.1, 0.15) is 10.7 Å². The van der Waals surface area contributed by atoms with Crippen molar-refractivity contribution in [1.29, 1.82) is 0 Å². The molecule has 0 aliphatic carbocycles. The smallest absolute Gasteiger partial charge is 0.229 e. The minimum absolute atomic E-state index is 0.000217. The highest BCUT2D eigenvalue weighted by Crippen LogP contribution is 2.26. The van der Waals surface area contributed by atoms with Gasteiger partial charge in [-0.25, -0.2) is 4.98 Å². The monoisotopic (exact) mass is 288 g/mol. The summed E-state index contributed by atoms with van der Waals surface area (Å²) in [5.74, 6) is 1.03. The molecule has 104 valence electrons. The molecule has 0 saturated heterocycles. The number of nitrogens with two attached hydrogens (primary N) is 1. The molecular weight excluding hydrogens is 272 g/mol. The van der Waals surface area contributed by atoms with E-state index in [1.807, 2.05) is 19.9 Å². The van der Waals surface area contributed by atoms with Gasteiger partial charge in [-0.2, -0.15) is 0 Å². The number of benzene rings is 1. The lowest BCUT2D eigenvalue weighted by atomic mass is 10.1. The van der Waals surface area contributed by atoms with Crippen LogP contribution in [0.3, 0.4) is 0 Å². The van der Waals surface area contributed by atoms with Crippen molar-refractivity contribution in [2.75, 3.05) is 0 Å². The second-order valence-corrected chi connectivity index (χ2v) is 4.97. The molecule has 0 aliphatic rings. The van der Waals surface area contributed by atoms with Crippen LogP contribution in [-0.2, 0) is 6.61 Å². The van der Waals surface area contributed by atoms with E-state index in [4.69, 9.17) is 27.8 Å². The van der Waals surface area contributed by atoms with Crippen LogP contribution in [-0.4, -0.2) is 15.1 Å². The van der Waals surface area contributed by atoms with Crippen LogP contribution < -0.4 is 10.5 Å². The van der Waals surface area contributed by atoms with Crippen molar-refractivity contribution >= 4 is 17.2 Å². The molecule has 0 bridgehead atoms. The zero-order chi connectivity index (χ0) is 14.7. The summed E-state index contributed by atoms with van der Waals surface area (Å²) in [7, 11) is 0. The van der Waals surface area contributed by atoms with Gasteiger partial charge in [-0.1, -0.05) is 24.4 Å². The predicted octanol–water partition coefficient (Wildman–Crippen LogP) is 2.62. The Morgan fingerprint density at radius 2 is 1.95 bits per heavy atom. The molecule has 4 nitrogen and oxygen atoms in total. The van der Waals surface area contributed by atoms with E-state index < -0.39 is 0 Å². The topological polar surface area (TPSA) is 68.4 Å². The van der Waals surface area contributed by atoms with Gasteiger partial charge in [-0.3, -0.25) is 0 Å². The fourth-order valence-electron chi connectivity index (χ4n) is 1.95. The first-order valence-electron chi connectivity index (χ1n) is 6.17. The van der Waals surface area contributed by atoms with Crippen molar-refractivity contribution in [2.24, 2.45) is 5.73 Å². The quantitative estimate of drug-likeness (QED) is 0.846. The third-order valence-electron chi connectivity index (χ3n) is 2.88. The van der Waals surface area contributed by atoms with Crippen LogP contribution in [0, 0.1) is 13.8 Å². The Labute approximate surface area is 123 Å². The number of aryl methyl sites for hydroxylation is 2. The average molecular weight is 288 g/mol. The van der Waals surface area contributed by atoms with E-state index in [0.29, 0.717) is 17.2 Å². The van der Waals surface area contributed by atoms with Gasteiger partial charge in [0.2, 0.25) is 5.88 Å². The molecule has 20 heavy (non-hydrogen) atoms. The number of pyridine rings is 1. The Kier molecular flexibility index (Phi) is 4.32. The van der Waals surface area contributed by atoms with Crippen LogP contribution in [0.1, 0.15) is 22.4 Å². The summed E-state index contributed by atoms with van der Waals surface area (Å²) < 4.78 is 5.77. The number of ether oxygens (including phenoxy) is 1. The number of nitrogens with zero attached hydrogens (tertiary/aromatic N) is 1. The van der Waals surface area contributed by atoms with Crippen molar-refractivity contribution < 1.29 is 9.84 Å². The molecule has 1 aromatic heterocycles. The van der Waals surface area contributed by atoms with Crippen LogP contribution in [0.5, 0.6) is 11.6 Å². The molecule has 0 radical (unpaired) electrons. The van der Waals surface area contributed by atoms with Crippen molar-refractivity contribution in [1.82, 2.24) is 4.98 Å². The molecule has 2 aromatic rings. The fourth-order valence-corrected chi connectivity index (χ4v) is 2.20. The van der Waals surface area contributed by atoms with Gasteiger partial charge in [0.05, 0.1) is 12.2 Å². The van der Waals surface area contributed by atoms with Gasteiger partial charge in [0.25, 0.3) is 0 Å². The minimum atomic E-state index is 0.000217. The second-order valence-electron chi connectivity index (χ2n) is 4.53. The molecular formula is C15H16N2O2S. The normalized spacial score (nSPS) is 10.3. The highest BCUT2D eigenvalue weighted by atomic mass is 32.1. The van der Waals surface area contributed by atoms with Crippen LogP contribution in [0.25, 0.3) is 0 Å². The first-order valence-corrected chi connectivity index (χ1v) is 6.58. The number of hydrogen-bond donors (Lipinski definition) is 2. The number of thiocarbonyl (C=S) groups is 1. The maximum absolute atomic E-state index is 9.02. The standard InChI is InChI=1S/C15H16N2O2S/c1-9-7-10(2)17-15(13(9)14(16)20)19-12-5-3-11(8-18)4-6-12/h3-7,18H,8H2,1-2H3,(H2,16,20). The SMILES string of the molecule is Cc1cc(C)c(C(N)=S)c(Oc2ccc(CO)cc2)n1. The minimum Gasteiger partial charge on any atom is -0.438 e. The summed E-state index contributed by atoms with van der Waals surface area (Å²) in [5.41, 5.74) is 8.99. The molecule has 1 aromatic carbocycles. The van der Waals surface area contributed by atoms with Gasteiger partial charge in [0.15, 0.2) is 0 Å². The first kappa shape index (κ1) is 14.4. The lowest BCUT2D eigenvalue weighted by molar-refractivity contribution is 0.281. The van der Waals surface area contributed by atoms with E-state index in [0.717, 1.165) is 16.8 Å². The summed E-state index contributed by atoms with van der Waals surface area (Å²) in [4.78, 5) is 4.62. The number of rotatable bonds is 4. The summed E-state index contributed by atoms with van der Waals surface area (Å²) >= 11 is 5.06. The van der Waals surface area contributed by atoms with Crippen molar-refractivity contribution in [2.45, 2.75) is 20.5 Å². The molecule has 0 saturated carbocycles. The largest absolute Gasteiger partial charge is 0.438 e. The summed E-state index contributed by atoms with van der Waals surface area (Å²) in [6.45, 7) is 3.81. The van der Waals surface area contributed by atoms with E-state index >= 15 is 0 Å². The maximum Gasteiger partial charge on any atom is 0.229 e. The Bertz CT molecular complexity index is 639. The fraction of sp³-hybridized carbons (Fsp3) is 0.200. The average Bonchev–Trinajstić information content (AvgIpc) is 2.38. The number of aliphatic hydroxyl groups excluding tert-OH is 1. The van der Waals surface area contributed by atoms with Crippen molar-refractivity contribution in [3.05, 3.63) is 52.7 Å². The Balaban J connectivity index is 2.39. The molecule has 5 heteroatoms. The van der Waals surface area contributed by atoms with E-state index in [2.05, 4.69) is 4.98 Å². The molecule has 0 fully saturated rings. The lowest BCUT2D eigenvalue weighted by Gasteiger charge is -2.13. The Morgan fingerprint density at radius 3 is 2.50 bits per heavy atom. The van der Waals surface area contributed by atoms with Crippen LogP contribution in [0.4, 0.5) is 0 Å². The van der Waals surface area contributed by atoms with Crippen LogP contribution in [0.15, 0.2) is 30.3 Å². The number of hydrogen-bond acceptors (Lipinski definition) is 4. The highest BCUT2D eigenvalue weighted by molar-refractivity contribution is 7.80. The van der Waals surface area contributed by atoms with Gasteiger partial charge < -0.3 is 15.6 Å². The molecule has 0 spiro atoms. The summed E-state index contributed by atoms with van der Waals surface area (Å²) in [6, 6.07) is 9.04. The van der Waals surface area contributed by atoms with Gasteiger partial charge in [0, 0.05) is 5.69 Å². The van der Waals surface area contributed by atoms with Crippen LogP contribution >= 0.6 is 12.2 Å². The molecule has 0 amide bonds. The molecule has 1 heterocycles. The zero-order valence-corrected chi connectivity index (χ0v) is 12.2. The summed E-state index contributed by atoms with van der Waals surface area (Å²) in [6.07, 6.45) is 0. The molecule has 0 atom stereocenters. The van der Waals surface area contributed by atoms with E-state index in [-0.39, 0.29) is 11.6 Å². The van der Waals surface area contributed by atoms with Gasteiger partial charge >= 0.3 is 0 Å². The predicted molar refractivity (Wildman–Crippen MR) is 82.0 cm³/mol. The molecule has 2 rings (SSSR count). The van der Waals surface area contributed by atoms with Gasteiger partial charge in [-0.15, -0.1) is 0 Å². The van der Waals surface area contributed by atoms with E-state index in [9.17, 15) is 0 Å².